The van der Waals surface area contributed by atoms with Crippen LogP contribution in [0.2, 0.25) is 0 Å². The smallest absolute Gasteiger partial charge is 0.116 e. The van der Waals surface area contributed by atoms with Gasteiger partial charge in [-0.1, -0.05) is 32.4 Å². The zero-order valence-corrected chi connectivity index (χ0v) is 15.3. The van der Waals surface area contributed by atoms with Crippen LogP contribution in [0.4, 0.5) is 0 Å². The molecule has 0 aliphatic rings. The normalized spacial score (nSPS) is 12.3. The molecule has 0 fully saturated rings. The molecule has 0 bridgehead atoms. The second-order valence-corrected chi connectivity index (χ2v) is 8.92. The Morgan fingerprint density at radius 2 is 1.83 bits per heavy atom. The predicted molar refractivity (Wildman–Crippen MR) is 102 cm³/mol. The molecule has 0 aliphatic heterocycles. The molecular weight excluding hydrogens is 320 g/mol. The van der Waals surface area contributed by atoms with Crippen LogP contribution in [0.1, 0.15) is 31.9 Å². The van der Waals surface area contributed by atoms with E-state index in [0.29, 0.717) is 0 Å². The van der Waals surface area contributed by atoms with Crippen molar-refractivity contribution in [2.24, 2.45) is 0 Å². The molecule has 116 valence electrons. The van der Waals surface area contributed by atoms with Crippen molar-refractivity contribution in [1.82, 2.24) is 9.97 Å². The van der Waals surface area contributed by atoms with Crippen LogP contribution in [0.3, 0.4) is 0 Å². The van der Waals surface area contributed by atoms with Gasteiger partial charge in [0.1, 0.15) is 11.8 Å². The third kappa shape index (κ3) is 2.46. The van der Waals surface area contributed by atoms with Gasteiger partial charge in [0.05, 0.1) is 15.1 Å². The summed E-state index contributed by atoms with van der Waals surface area (Å²) in [5.74, 6) is 0. The lowest BCUT2D eigenvalue weighted by Gasteiger charge is -2.20. The van der Waals surface area contributed by atoms with Gasteiger partial charge in [-0.05, 0) is 41.5 Å². The Morgan fingerprint density at radius 3 is 2.61 bits per heavy atom. The molecule has 0 amide bonds. The molecule has 0 unspecified atom stereocenters. The first-order valence-electron chi connectivity index (χ1n) is 7.67. The van der Waals surface area contributed by atoms with Crippen LogP contribution < -0.4 is 0 Å². The first-order chi connectivity index (χ1) is 10.9. The van der Waals surface area contributed by atoms with Gasteiger partial charge < -0.3 is 0 Å². The number of hydrogen-bond donors (Lipinski definition) is 0. The summed E-state index contributed by atoms with van der Waals surface area (Å²) >= 11 is 3.55. The van der Waals surface area contributed by atoms with E-state index >= 15 is 0 Å². The van der Waals surface area contributed by atoms with Gasteiger partial charge in [0.15, 0.2) is 0 Å². The minimum atomic E-state index is 0.128. The summed E-state index contributed by atoms with van der Waals surface area (Å²) in [6.07, 6.45) is 1.70. The highest BCUT2D eigenvalue weighted by Gasteiger charge is 2.18. The fraction of sp³-hybridized carbons (Fsp3) is 0.263. The van der Waals surface area contributed by atoms with Gasteiger partial charge in [-0.2, -0.15) is 0 Å². The first-order valence-corrected chi connectivity index (χ1v) is 9.36. The monoisotopic (exact) mass is 338 g/mol. The van der Waals surface area contributed by atoms with Gasteiger partial charge in [-0.25, -0.2) is 9.97 Å². The fourth-order valence-corrected chi connectivity index (χ4v) is 5.13. The number of hydrogen-bond acceptors (Lipinski definition) is 4. The van der Waals surface area contributed by atoms with Crippen molar-refractivity contribution in [1.29, 1.82) is 0 Å². The van der Waals surface area contributed by atoms with E-state index in [1.807, 2.05) is 0 Å². The number of nitrogens with zero attached hydrogens (tertiary/aromatic N) is 2. The molecular formula is C19H18N2S2. The molecule has 3 heterocycles. The molecule has 23 heavy (non-hydrogen) atoms. The molecule has 2 nitrogen and oxygen atoms in total. The quantitative estimate of drug-likeness (QED) is 0.414. The number of aromatic nitrogens is 2. The molecule has 0 aliphatic carbocycles. The molecule has 3 aromatic heterocycles. The van der Waals surface area contributed by atoms with Gasteiger partial charge in [0, 0.05) is 10.3 Å². The van der Waals surface area contributed by atoms with Gasteiger partial charge >= 0.3 is 0 Å². The van der Waals surface area contributed by atoms with E-state index in [1.165, 1.54) is 30.8 Å². The summed E-state index contributed by atoms with van der Waals surface area (Å²) < 4.78 is 3.77. The van der Waals surface area contributed by atoms with E-state index in [2.05, 4.69) is 67.3 Å². The maximum Gasteiger partial charge on any atom is 0.116 e. The molecule has 0 saturated heterocycles. The Labute approximate surface area is 143 Å². The zero-order chi connectivity index (χ0) is 16.2. The van der Waals surface area contributed by atoms with Gasteiger partial charge in [-0.15, -0.1) is 22.7 Å². The number of rotatable bonds is 1. The first kappa shape index (κ1) is 14.8. The van der Waals surface area contributed by atoms with E-state index in [4.69, 9.17) is 0 Å². The summed E-state index contributed by atoms with van der Waals surface area (Å²) in [5.41, 5.74) is 6.08. The highest BCUT2D eigenvalue weighted by atomic mass is 32.1. The Balaban J connectivity index is 2.00. The molecule has 4 rings (SSSR count). The van der Waals surface area contributed by atoms with Gasteiger partial charge in [0.25, 0.3) is 0 Å². The average molecular weight is 339 g/mol. The average Bonchev–Trinajstić information content (AvgIpc) is 3.06. The highest BCUT2D eigenvalue weighted by Crippen LogP contribution is 2.40. The zero-order valence-electron chi connectivity index (χ0n) is 13.7. The van der Waals surface area contributed by atoms with Crippen LogP contribution in [0, 0.1) is 6.92 Å². The Morgan fingerprint density at radius 1 is 1.00 bits per heavy atom. The van der Waals surface area contributed by atoms with E-state index < -0.39 is 0 Å². The Kier molecular flexibility index (Phi) is 3.29. The maximum absolute atomic E-state index is 4.62. The third-order valence-electron chi connectivity index (χ3n) is 4.08. The topological polar surface area (TPSA) is 25.8 Å². The van der Waals surface area contributed by atoms with Crippen LogP contribution in [0.15, 0.2) is 36.0 Å². The number of benzene rings is 1. The summed E-state index contributed by atoms with van der Waals surface area (Å²) in [7, 11) is 0. The lowest BCUT2D eigenvalue weighted by Crippen LogP contribution is -2.11. The fourth-order valence-electron chi connectivity index (χ4n) is 2.85. The molecule has 0 radical (unpaired) electrons. The van der Waals surface area contributed by atoms with E-state index in [0.717, 1.165) is 11.2 Å². The predicted octanol–water partition coefficient (Wildman–Crippen LogP) is 6.18. The summed E-state index contributed by atoms with van der Waals surface area (Å²) in [6.45, 7) is 8.91. The lowest BCUT2D eigenvalue weighted by atomic mass is 9.85. The van der Waals surface area contributed by atoms with Crippen LogP contribution in [-0.2, 0) is 5.41 Å². The minimum Gasteiger partial charge on any atom is -0.235 e. The van der Waals surface area contributed by atoms with Crippen molar-refractivity contribution in [3.05, 3.63) is 47.1 Å². The van der Waals surface area contributed by atoms with E-state index in [-0.39, 0.29) is 5.41 Å². The van der Waals surface area contributed by atoms with Crippen molar-refractivity contribution < 1.29 is 0 Å². The van der Waals surface area contributed by atoms with Crippen molar-refractivity contribution in [3.8, 4) is 11.3 Å². The minimum absolute atomic E-state index is 0.128. The van der Waals surface area contributed by atoms with Crippen molar-refractivity contribution in [2.45, 2.75) is 33.1 Å². The van der Waals surface area contributed by atoms with Crippen molar-refractivity contribution in [2.75, 3.05) is 0 Å². The lowest BCUT2D eigenvalue weighted by molar-refractivity contribution is 0.590. The third-order valence-corrected chi connectivity index (χ3v) is 6.28. The van der Waals surface area contributed by atoms with Gasteiger partial charge in [0.2, 0.25) is 0 Å². The molecule has 0 spiro atoms. The number of aryl methyl sites for hydroxylation is 1. The van der Waals surface area contributed by atoms with Crippen LogP contribution in [-0.4, -0.2) is 9.97 Å². The highest BCUT2D eigenvalue weighted by molar-refractivity contribution is 7.32. The van der Waals surface area contributed by atoms with Gasteiger partial charge in [-0.3, -0.25) is 0 Å². The molecule has 4 heteroatoms. The SMILES string of the molecule is Cc1cc(-c2ncnc3c2sc2ccsc23)cc(C(C)(C)C)c1. The molecule has 0 N–H and O–H groups in total. The molecule has 1 aromatic carbocycles. The summed E-state index contributed by atoms with van der Waals surface area (Å²) in [5, 5.41) is 2.13. The number of thiophene rings is 2. The molecule has 0 atom stereocenters. The standard InChI is InChI=1S/C19H18N2S2/c1-11-7-12(9-13(8-11)19(2,3)4)15-18-16(21-10-20-15)17-14(23-18)5-6-22-17/h5-10H,1-4H3. The van der Waals surface area contributed by atoms with E-state index in [9.17, 15) is 0 Å². The Bertz CT molecular complexity index is 1020. The molecule has 0 saturated carbocycles. The number of fused-ring (bicyclic) bond motifs is 3. The van der Waals surface area contributed by atoms with E-state index in [1.54, 1.807) is 29.0 Å². The van der Waals surface area contributed by atoms with Crippen molar-refractivity contribution >= 4 is 42.3 Å². The van der Waals surface area contributed by atoms with Crippen LogP contribution >= 0.6 is 22.7 Å². The summed E-state index contributed by atoms with van der Waals surface area (Å²) in [4.78, 5) is 9.15. The summed E-state index contributed by atoms with van der Waals surface area (Å²) in [6, 6.07) is 8.95. The largest absolute Gasteiger partial charge is 0.235 e. The van der Waals surface area contributed by atoms with Crippen LogP contribution in [0.5, 0.6) is 0 Å². The second-order valence-electron chi connectivity index (χ2n) is 6.95. The second kappa shape index (κ2) is 5.11. The maximum atomic E-state index is 4.62. The molecule has 4 aromatic rings. The Hall–Kier alpha value is -1.78. The van der Waals surface area contributed by atoms with Crippen molar-refractivity contribution in [3.63, 3.8) is 0 Å². The van der Waals surface area contributed by atoms with Crippen LogP contribution in [0.25, 0.3) is 30.9 Å².